The Morgan fingerprint density at radius 1 is 1.29 bits per heavy atom. The van der Waals surface area contributed by atoms with Crippen molar-refractivity contribution < 1.29 is 13.2 Å². The van der Waals surface area contributed by atoms with Gasteiger partial charge in [-0.25, -0.2) is 4.98 Å². The molecule has 0 atom stereocenters. The Morgan fingerprint density at radius 3 is 2.57 bits per heavy atom. The Bertz CT molecular complexity index is 624. The molecule has 4 nitrogen and oxygen atoms in total. The normalized spacial score (nSPS) is 11.9. The third-order valence-electron chi connectivity index (χ3n) is 2.89. The second-order valence-corrected chi connectivity index (χ2v) is 5.77. The van der Waals surface area contributed by atoms with Crippen LogP contribution in [0.1, 0.15) is 18.7 Å². The molecular formula is C13H17F3N4S. The molecule has 0 aliphatic carbocycles. The highest BCUT2D eigenvalue weighted by Crippen LogP contribution is 2.33. The molecule has 2 rings (SSSR count). The molecule has 0 aromatic carbocycles. The van der Waals surface area contributed by atoms with Crippen LogP contribution in [-0.2, 0) is 6.42 Å². The quantitative estimate of drug-likeness (QED) is 0.913. The fourth-order valence-electron chi connectivity index (χ4n) is 2.00. The zero-order valence-electron chi connectivity index (χ0n) is 12.1. The van der Waals surface area contributed by atoms with E-state index in [0.29, 0.717) is 28.5 Å². The summed E-state index contributed by atoms with van der Waals surface area (Å²) >= 11 is 1.49. The van der Waals surface area contributed by atoms with Crippen LogP contribution in [0.5, 0.6) is 0 Å². The van der Waals surface area contributed by atoms with Crippen molar-refractivity contribution in [2.24, 2.45) is 0 Å². The third-order valence-corrected chi connectivity index (χ3v) is 4.06. The Balaban J connectivity index is 2.50. The number of halogens is 3. The summed E-state index contributed by atoms with van der Waals surface area (Å²) in [6.45, 7) is 3.46. The van der Waals surface area contributed by atoms with E-state index in [1.165, 1.54) is 18.4 Å². The number of aryl methyl sites for hydroxylation is 1. The van der Waals surface area contributed by atoms with Gasteiger partial charge in [0.15, 0.2) is 0 Å². The molecule has 2 aromatic rings. The molecule has 21 heavy (non-hydrogen) atoms. The highest BCUT2D eigenvalue weighted by molar-refractivity contribution is 7.18. The average molecular weight is 318 g/mol. The van der Waals surface area contributed by atoms with Gasteiger partial charge >= 0.3 is 6.18 Å². The van der Waals surface area contributed by atoms with Crippen molar-refractivity contribution in [2.75, 3.05) is 30.4 Å². The Morgan fingerprint density at radius 2 is 2.00 bits per heavy atom. The number of anilines is 2. The van der Waals surface area contributed by atoms with Gasteiger partial charge in [0.2, 0.25) is 5.95 Å². The first kappa shape index (κ1) is 15.8. The van der Waals surface area contributed by atoms with E-state index < -0.39 is 12.7 Å². The summed E-state index contributed by atoms with van der Waals surface area (Å²) in [6.07, 6.45) is -3.45. The summed E-state index contributed by atoms with van der Waals surface area (Å²) in [6, 6.07) is 1.87. The van der Waals surface area contributed by atoms with Gasteiger partial charge < -0.3 is 10.2 Å². The number of nitrogens with zero attached hydrogens (tertiary/aromatic N) is 3. The van der Waals surface area contributed by atoms with E-state index in [1.54, 1.807) is 0 Å². The molecule has 2 heterocycles. The molecule has 0 unspecified atom stereocenters. The van der Waals surface area contributed by atoms with Crippen LogP contribution in [0.25, 0.3) is 10.2 Å². The monoisotopic (exact) mass is 318 g/mol. The van der Waals surface area contributed by atoms with Gasteiger partial charge in [-0.1, -0.05) is 6.92 Å². The Hall–Kier alpha value is -1.57. The maximum atomic E-state index is 12.6. The van der Waals surface area contributed by atoms with Gasteiger partial charge in [-0.2, -0.15) is 18.2 Å². The van der Waals surface area contributed by atoms with Crippen molar-refractivity contribution in [1.29, 1.82) is 0 Å². The van der Waals surface area contributed by atoms with Crippen molar-refractivity contribution in [3.63, 3.8) is 0 Å². The van der Waals surface area contributed by atoms with Crippen LogP contribution >= 0.6 is 11.3 Å². The number of hydrogen-bond donors (Lipinski definition) is 1. The lowest BCUT2D eigenvalue weighted by Gasteiger charge is -2.21. The minimum absolute atomic E-state index is 0.309. The number of nitrogens with one attached hydrogen (secondary N) is 1. The SMILES string of the molecule is CCNc1nc(N(C)CC(F)(F)F)c2cc(CC)sc2n1. The standard InChI is InChI=1S/C13H17F3N4S/c1-4-8-6-9-10(20(3)7-13(14,15)16)18-12(17-5-2)19-11(9)21-8/h6H,4-5,7H2,1-3H3,(H,17,18,19). The average Bonchev–Trinajstić information content (AvgIpc) is 2.79. The van der Waals surface area contributed by atoms with Crippen molar-refractivity contribution in [2.45, 2.75) is 26.4 Å². The lowest BCUT2D eigenvalue weighted by Crippen LogP contribution is -2.31. The van der Waals surface area contributed by atoms with E-state index in [-0.39, 0.29) is 0 Å². The largest absolute Gasteiger partial charge is 0.405 e. The molecular weight excluding hydrogens is 301 g/mol. The van der Waals surface area contributed by atoms with Gasteiger partial charge in [-0.15, -0.1) is 11.3 Å². The highest BCUT2D eigenvalue weighted by Gasteiger charge is 2.30. The van der Waals surface area contributed by atoms with Crippen LogP contribution in [0, 0.1) is 0 Å². The molecule has 116 valence electrons. The first-order valence-corrected chi connectivity index (χ1v) is 7.48. The third kappa shape index (κ3) is 3.75. The molecule has 1 N–H and O–H groups in total. The van der Waals surface area contributed by atoms with E-state index >= 15 is 0 Å². The molecule has 0 saturated heterocycles. The summed E-state index contributed by atoms with van der Waals surface area (Å²) in [7, 11) is 1.40. The second kappa shape index (κ2) is 6.05. The molecule has 2 aromatic heterocycles. The molecule has 0 saturated carbocycles. The molecule has 0 aliphatic heterocycles. The van der Waals surface area contributed by atoms with Crippen LogP contribution in [0.15, 0.2) is 6.07 Å². The van der Waals surface area contributed by atoms with E-state index in [9.17, 15) is 13.2 Å². The number of fused-ring (bicyclic) bond motifs is 1. The van der Waals surface area contributed by atoms with Crippen LogP contribution in [0.4, 0.5) is 24.9 Å². The smallest absolute Gasteiger partial charge is 0.354 e. The van der Waals surface area contributed by atoms with Gasteiger partial charge in [0.1, 0.15) is 17.2 Å². The first-order chi connectivity index (χ1) is 9.84. The van der Waals surface area contributed by atoms with E-state index in [1.807, 2.05) is 19.9 Å². The van der Waals surface area contributed by atoms with Gasteiger partial charge in [0, 0.05) is 18.5 Å². The minimum atomic E-state index is -4.27. The zero-order valence-corrected chi connectivity index (χ0v) is 12.9. The molecule has 0 bridgehead atoms. The topological polar surface area (TPSA) is 41.1 Å². The Kier molecular flexibility index (Phi) is 4.55. The van der Waals surface area contributed by atoms with E-state index in [4.69, 9.17) is 0 Å². The predicted octanol–water partition coefficient (Wildman–Crippen LogP) is 3.68. The summed E-state index contributed by atoms with van der Waals surface area (Å²) < 4.78 is 37.8. The number of hydrogen-bond acceptors (Lipinski definition) is 5. The van der Waals surface area contributed by atoms with Crippen molar-refractivity contribution >= 4 is 33.3 Å². The van der Waals surface area contributed by atoms with Gasteiger partial charge in [0.05, 0.1) is 5.39 Å². The molecule has 0 fully saturated rings. The summed E-state index contributed by atoms with van der Waals surface area (Å²) in [5.74, 6) is 0.669. The lowest BCUT2D eigenvalue weighted by molar-refractivity contribution is -0.119. The van der Waals surface area contributed by atoms with E-state index in [2.05, 4.69) is 15.3 Å². The van der Waals surface area contributed by atoms with Crippen LogP contribution < -0.4 is 10.2 Å². The Labute approximate surface area is 125 Å². The summed E-state index contributed by atoms with van der Waals surface area (Å²) in [5, 5.41) is 3.63. The highest BCUT2D eigenvalue weighted by atomic mass is 32.1. The molecule has 0 radical (unpaired) electrons. The number of alkyl halides is 3. The van der Waals surface area contributed by atoms with E-state index in [0.717, 1.165) is 16.2 Å². The fraction of sp³-hybridized carbons (Fsp3) is 0.538. The van der Waals surface area contributed by atoms with Gasteiger partial charge in [0.25, 0.3) is 0 Å². The molecule has 0 amide bonds. The van der Waals surface area contributed by atoms with Crippen LogP contribution in [-0.4, -0.2) is 36.3 Å². The van der Waals surface area contributed by atoms with Crippen molar-refractivity contribution in [3.05, 3.63) is 10.9 Å². The fourth-order valence-corrected chi connectivity index (χ4v) is 2.96. The van der Waals surface area contributed by atoms with Gasteiger partial charge in [-0.3, -0.25) is 0 Å². The van der Waals surface area contributed by atoms with Crippen LogP contribution in [0.3, 0.4) is 0 Å². The minimum Gasteiger partial charge on any atom is -0.354 e. The maximum absolute atomic E-state index is 12.6. The number of rotatable bonds is 5. The molecule has 0 aliphatic rings. The van der Waals surface area contributed by atoms with Crippen LogP contribution in [0.2, 0.25) is 0 Å². The molecule has 0 spiro atoms. The zero-order chi connectivity index (χ0) is 15.6. The first-order valence-electron chi connectivity index (χ1n) is 6.66. The summed E-state index contributed by atoms with van der Waals surface area (Å²) in [4.78, 5) is 11.5. The lowest BCUT2D eigenvalue weighted by atomic mass is 10.3. The maximum Gasteiger partial charge on any atom is 0.405 e. The predicted molar refractivity (Wildman–Crippen MR) is 80.3 cm³/mol. The second-order valence-electron chi connectivity index (χ2n) is 4.66. The number of aromatic nitrogens is 2. The van der Waals surface area contributed by atoms with Crippen molar-refractivity contribution in [1.82, 2.24) is 9.97 Å². The number of thiophene rings is 1. The van der Waals surface area contributed by atoms with Gasteiger partial charge in [-0.05, 0) is 19.4 Å². The summed E-state index contributed by atoms with van der Waals surface area (Å²) in [5.41, 5.74) is 0. The molecule has 8 heteroatoms. The van der Waals surface area contributed by atoms with Crippen molar-refractivity contribution in [3.8, 4) is 0 Å².